The van der Waals surface area contributed by atoms with Gasteiger partial charge in [-0.1, -0.05) is 54.6 Å². The fourth-order valence-electron chi connectivity index (χ4n) is 6.53. The first kappa shape index (κ1) is 23.4. The first-order valence-electron chi connectivity index (χ1n) is 11.7. The van der Waals surface area contributed by atoms with Gasteiger partial charge in [-0.3, -0.25) is 9.59 Å². The fourth-order valence-corrected chi connectivity index (χ4v) is 7.24. The van der Waals surface area contributed by atoms with Crippen LogP contribution < -0.4 is 0 Å². The molecular weight excluding hydrogens is 668 g/mol. The average molecular weight is 691 g/mol. The van der Waals surface area contributed by atoms with Crippen molar-refractivity contribution in [3.05, 3.63) is 103 Å². The summed E-state index contributed by atoms with van der Waals surface area (Å²) in [5, 5.41) is 0. The highest BCUT2D eigenvalue weighted by molar-refractivity contribution is 14.1. The molecule has 2 saturated heterocycles. The number of hydrogen-bond donors (Lipinski definition) is 0. The van der Waals surface area contributed by atoms with Gasteiger partial charge in [-0.25, -0.2) is 0 Å². The zero-order chi connectivity index (χ0) is 24.4. The maximum atomic E-state index is 14.5. The summed E-state index contributed by atoms with van der Waals surface area (Å²) >= 11 is 4.56. The van der Waals surface area contributed by atoms with E-state index in [1.165, 1.54) is 0 Å². The number of hydrogen-bond acceptors (Lipinski definition) is 4. The highest BCUT2D eigenvalue weighted by Gasteiger charge is 2.93. The summed E-state index contributed by atoms with van der Waals surface area (Å²) in [7, 11) is 0. The first-order chi connectivity index (χ1) is 17.0. The van der Waals surface area contributed by atoms with Crippen LogP contribution in [-0.2, 0) is 24.5 Å². The number of carbonyl (C=O) groups is 2. The van der Waals surface area contributed by atoms with Crippen molar-refractivity contribution in [3.8, 4) is 0 Å². The molecule has 5 nitrogen and oxygen atoms in total. The number of carbonyl (C=O) groups excluding carboxylic acids is 2. The minimum atomic E-state index is -1.32. The number of ether oxygens (including phenoxy) is 2. The van der Waals surface area contributed by atoms with Crippen molar-refractivity contribution in [3.63, 3.8) is 0 Å². The molecule has 1 aliphatic carbocycles. The van der Waals surface area contributed by atoms with E-state index < -0.39 is 23.0 Å². The van der Waals surface area contributed by atoms with Crippen molar-refractivity contribution in [2.24, 2.45) is 11.3 Å². The van der Waals surface area contributed by atoms with Crippen LogP contribution in [0.1, 0.15) is 29.8 Å². The molecule has 4 atom stereocenters. The van der Waals surface area contributed by atoms with Gasteiger partial charge < -0.3 is 14.4 Å². The van der Waals surface area contributed by atoms with Crippen LogP contribution in [-0.4, -0.2) is 36.0 Å². The minimum absolute atomic E-state index is 0.200. The van der Waals surface area contributed by atoms with Crippen LogP contribution in [0.2, 0.25) is 0 Å². The Morgan fingerprint density at radius 2 is 1.54 bits per heavy atom. The predicted molar refractivity (Wildman–Crippen MR) is 147 cm³/mol. The monoisotopic (exact) mass is 691 g/mol. The molecule has 3 aromatic rings. The molecule has 0 bridgehead atoms. The number of piperidine rings is 1. The molecule has 1 amide bonds. The molecule has 178 valence electrons. The van der Waals surface area contributed by atoms with Crippen LogP contribution >= 0.6 is 45.2 Å². The molecule has 0 aromatic heterocycles. The van der Waals surface area contributed by atoms with Crippen molar-refractivity contribution in [1.29, 1.82) is 0 Å². The van der Waals surface area contributed by atoms with Crippen LogP contribution in [0.5, 0.6) is 0 Å². The summed E-state index contributed by atoms with van der Waals surface area (Å²) in [6.07, 6.45) is -0.501. The quantitative estimate of drug-likeness (QED) is 0.207. The van der Waals surface area contributed by atoms with Gasteiger partial charge in [0.15, 0.2) is 11.6 Å². The van der Waals surface area contributed by atoms with Crippen LogP contribution in [0.25, 0.3) is 0 Å². The van der Waals surface area contributed by atoms with Gasteiger partial charge in [0.2, 0.25) is 5.91 Å². The summed E-state index contributed by atoms with van der Waals surface area (Å²) in [6, 6.07) is 25.9. The number of nitrogens with zero attached hydrogens (tertiary/aromatic N) is 1. The van der Waals surface area contributed by atoms with Crippen LogP contribution in [0.4, 0.5) is 0 Å². The molecule has 7 heteroatoms. The van der Waals surface area contributed by atoms with E-state index in [2.05, 4.69) is 69.4 Å². The molecule has 3 fully saturated rings. The summed E-state index contributed by atoms with van der Waals surface area (Å²) in [5.41, 5.74) is 0.727. The van der Waals surface area contributed by atoms with Crippen LogP contribution in [0.15, 0.2) is 78.9 Å². The van der Waals surface area contributed by atoms with Gasteiger partial charge >= 0.3 is 5.97 Å². The van der Waals surface area contributed by atoms with Gasteiger partial charge in [0.25, 0.3) is 0 Å². The van der Waals surface area contributed by atoms with Crippen molar-refractivity contribution in [1.82, 2.24) is 4.90 Å². The topological polar surface area (TPSA) is 55.8 Å². The smallest absolute Gasteiger partial charge is 0.323 e. The molecule has 0 spiro atoms. The number of benzene rings is 3. The lowest BCUT2D eigenvalue weighted by Crippen LogP contribution is -2.46. The Hall–Kier alpha value is -1.98. The number of halogens is 2. The lowest BCUT2D eigenvalue weighted by molar-refractivity contribution is -0.159. The standard InChI is InChI=1S/C28H23I2NO4/c1-2-34-26(33)28-23(22-16-35-24(31(22)25(28)32)17-6-4-3-5-7-17)27(28,18-8-12-20(29)13-9-18)19-10-14-21(30)15-11-19/h3-15,22-24H,2,16H2,1H3/t22-,23+,24-,28-/m1/s1. The Labute approximate surface area is 231 Å². The van der Waals surface area contributed by atoms with E-state index in [0.717, 1.165) is 23.8 Å². The molecule has 2 heterocycles. The number of amides is 1. The maximum absolute atomic E-state index is 14.5. The van der Waals surface area contributed by atoms with Gasteiger partial charge in [0, 0.05) is 18.6 Å². The summed E-state index contributed by atoms with van der Waals surface area (Å²) in [6.45, 7) is 2.40. The van der Waals surface area contributed by atoms with E-state index in [0.29, 0.717) is 6.61 Å². The zero-order valence-corrected chi connectivity index (χ0v) is 23.3. The lowest BCUT2D eigenvalue weighted by Gasteiger charge is -2.33. The van der Waals surface area contributed by atoms with Gasteiger partial charge in [0.1, 0.15) is 0 Å². The number of esters is 1. The highest BCUT2D eigenvalue weighted by Crippen LogP contribution is 2.80. The number of rotatable bonds is 5. The summed E-state index contributed by atoms with van der Waals surface area (Å²) < 4.78 is 14.1. The van der Waals surface area contributed by atoms with Crippen molar-refractivity contribution < 1.29 is 19.1 Å². The lowest BCUT2D eigenvalue weighted by atomic mass is 9.78. The maximum Gasteiger partial charge on any atom is 0.323 e. The van der Waals surface area contributed by atoms with Crippen molar-refractivity contribution in [2.45, 2.75) is 24.6 Å². The molecule has 0 unspecified atom stereocenters. The minimum Gasteiger partial charge on any atom is -0.465 e. The molecule has 3 aromatic carbocycles. The molecule has 0 N–H and O–H groups in total. The van der Waals surface area contributed by atoms with E-state index in [1.54, 1.807) is 11.8 Å². The van der Waals surface area contributed by atoms with Crippen molar-refractivity contribution >= 4 is 57.1 Å². The third-order valence-electron chi connectivity index (χ3n) is 7.74. The Kier molecular flexibility index (Phi) is 5.72. The molecule has 0 radical (unpaired) electrons. The van der Waals surface area contributed by atoms with Gasteiger partial charge in [-0.15, -0.1) is 0 Å². The Bertz CT molecular complexity index is 1250. The molecular formula is C28H23I2NO4. The second-order valence-corrected chi connectivity index (χ2v) is 11.7. The normalized spacial score (nSPS) is 27.9. The molecule has 1 saturated carbocycles. The van der Waals surface area contributed by atoms with Gasteiger partial charge in [0.05, 0.1) is 24.7 Å². The summed E-state index contributed by atoms with van der Waals surface area (Å²) in [4.78, 5) is 30.2. The second kappa shape index (κ2) is 8.55. The Morgan fingerprint density at radius 1 is 0.971 bits per heavy atom. The largest absolute Gasteiger partial charge is 0.465 e. The molecule has 35 heavy (non-hydrogen) atoms. The molecule has 6 rings (SSSR count). The Morgan fingerprint density at radius 3 is 2.09 bits per heavy atom. The summed E-state index contributed by atoms with van der Waals surface area (Å²) in [5.74, 6) is -0.918. The number of fused-ring (bicyclic) bond motifs is 3. The van der Waals surface area contributed by atoms with E-state index in [4.69, 9.17) is 9.47 Å². The zero-order valence-electron chi connectivity index (χ0n) is 19.0. The first-order valence-corrected chi connectivity index (χ1v) is 13.8. The van der Waals surface area contributed by atoms with E-state index in [9.17, 15) is 9.59 Å². The van der Waals surface area contributed by atoms with E-state index in [-0.39, 0.29) is 24.5 Å². The third-order valence-corrected chi connectivity index (χ3v) is 9.18. The van der Waals surface area contributed by atoms with E-state index in [1.807, 2.05) is 54.6 Å². The highest BCUT2D eigenvalue weighted by atomic mass is 127. The van der Waals surface area contributed by atoms with Gasteiger partial charge in [-0.05, 0) is 87.5 Å². The average Bonchev–Trinajstić information content (AvgIpc) is 3.13. The molecule has 2 aliphatic heterocycles. The van der Waals surface area contributed by atoms with E-state index >= 15 is 0 Å². The fraction of sp³-hybridized carbons (Fsp3) is 0.286. The van der Waals surface area contributed by atoms with Crippen molar-refractivity contribution in [2.75, 3.05) is 13.2 Å². The van der Waals surface area contributed by atoms with Gasteiger partial charge in [-0.2, -0.15) is 0 Å². The van der Waals surface area contributed by atoms with Crippen LogP contribution in [0.3, 0.4) is 0 Å². The SMILES string of the molecule is CCOC(=O)[C@]12C(=O)N3[C@@H](c4ccccc4)OC[C@@H]3[C@H]1C2(c1ccc(I)cc1)c1ccc(I)cc1. The predicted octanol–water partition coefficient (Wildman–Crippen LogP) is 5.30. The second-order valence-electron chi connectivity index (χ2n) is 9.20. The Balaban J connectivity index is 1.56. The molecule has 3 aliphatic rings. The third kappa shape index (κ3) is 3.07. The van der Waals surface area contributed by atoms with Crippen LogP contribution in [0, 0.1) is 18.5 Å².